The first kappa shape index (κ1) is 17.9. The molecule has 0 N–H and O–H groups in total. The van der Waals surface area contributed by atoms with Crippen molar-refractivity contribution >= 4 is 34.7 Å². The lowest BCUT2D eigenvalue weighted by Crippen LogP contribution is -2.58. The maximum Gasteiger partial charge on any atom is 0.377 e. The van der Waals surface area contributed by atoms with E-state index in [0.29, 0.717) is 0 Å². The van der Waals surface area contributed by atoms with Crippen LogP contribution in [0.3, 0.4) is 0 Å². The van der Waals surface area contributed by atoms with Crippen molar-refractivity contribution in [2.75, 3.05) is 18.7 Å². The van der Waals surface area contributed by atoms with Gasteiger partial charge in [-0.25, -0.2) is 14.8 Å². The zero-order valence-electron chi connectivity index (χ0n) is 14.8. The Morgan fingerprint density at radius 3 is 2.50 bits per heavy atom. The van der Waals surface area contributed by atoms with Crippen LogP contribution < -0.4 is 5.01 Å². The van der Waals surface area contributed by atoms with Crippen LogP contribution in [0.2, 0.25) is 0 Å². The number of para-hydroxylation sites is 1. The SMILES string of the molecule is CCOC(=O)C1=NN(c2ccccc2)[C@H](c2cccs2)N(C(C)=O)N1C. The summed E-state index contributed by atoms with van der Waals surface area (Å²) in [6, 6.07) is 13.3. The minimum atomic E-state index is -0.577. The number of thiophene rings is 1. The number of nitrogens with zero attached hydrogens (tertiary/aromatic N) is 4. The summed E-state index contributed by atoms with van der Waals surface area (Å²) in [5.41, 5.74) is 0.770. The second-order valence-corrected chi connectivity index (χ2v) is 6.58. The third-order valence-electron chi connectivity index (χ3n) is 3.89. The van der Waals surface area contributed by atoms with Gasteiger partial charge in [-0.05, 0) is 30.5 Å². The van der Waals surface area contributed by atoms with Gasteiger partial charge in [0.1, 0.15) is 0 Å². The smallest absolute Gasteiger partial charge is 0.377 e. The van der Waals surface area contributed by atoms with Crippen LogP contribution in [0.25, 0.3) is 0 Å². The lowest BCUT2D eigenvalue weighted by atomic mass is 10.2. The number of amides is 1. The number of likely N-dealkylation sites (N-methyl/N-ethyl adjacent to an activating group) is 1. The van der Waals surface area contributed by atoms with Gasteiger partial charge < -0.3 is 4.74 Å². The average molecular weight is 372 g/mol. The van der Waals surface area contributed by atoms with E-state index < -0.39 is 12.1 Å². The summed E-state index contributed by atoms with van der Waals surface area (Å²) in [4.78, 5) is 25.8. The number of carbonyl (C=O) groups excluding carboxylic acids is 2. The summed E-state index contributed by atoms with van der Waals surface area (Å²) in [5.74, 6) is -0.728. The molecule has 2 heterocycles. The van der Waals surface area contributed by atoms with Crippen molar-refractivity contribution in [3.8, 4) is 0 Å². The van der Waals surface area contributed by atoms with Crippen molar-refractivity contribution in [3.63, 3.8) is 0 Å². The van der Waals surface area contributed by atoms with Crippen LogP contribution >= 0.6 is 11.3 Å². The second-order valence-electron chi connectivity index (χ2n) is 5.60. The Balaban J connectivity index is 2.16. The van der Waals surface area contributed by atoms with Crippen molar-refractivity contribution in [2.24, 2.45) is 5.10 Å². The Kier molecular flexibility index (Phi) is 5.22. The Morgan fingerprint density at radius 2 is 1.92 bits per heavy atom. The van der Waals surface area contributed by atoms with E-state index in [1.54, 1.807) is 19.0 Å². The van der Waals surface area contributed by atoms with Gasteiger partial charge in [0.15, 0.2) is 6.17 Å². The molecule has 26 heavy (non-hydrogen) atoms. The van der Waals surface area contributed by atoms with Crippen molar-refractivity contribution < 1.29 is 14.3 Å². The summed E-state index contributed by atoms with van der Waals surface area (Å²) in [6.07, 6.45) is -0.488. The predicted octanol–water partition coefficient (Wildman–Crippen LogP) is 2.84. The normalized spacial score (nSPS) is 17.1. The minimum Gasteiger partial charge on any atom is -0.460 e. The Morgan fingerprint density at radius 1 is 1.19 bits per heavy atom. The number of hydrogen-bond donors (Lipinski definition) is 0. The molecule has 1 aliphatic heterocycles. The highest BCUT2D eigenvalue weighted by atomic mass is 32.1. The molecule has 1 amide bonds. The number of anilines is 1. The number of ether oxygens (including phenoxy) is 1. The Labute approximate surface area is 156 Å². The molecule has 0 bridgehead atoms. The maximum atomic E-state index is 12.5. The molecule has 1 aromatic carbocycles. The Bertz CT molecular complexity index is 807. The molecule has 0 aliphatic carbocycles. The van der Waals surface area contributed by atoms with Gasteiger partial charge in [-0.3, -0.25) is 9.80 Å². The molecule has 136 valence electrons. The number of hydrazone groups is 1. The van der Waals surface area contributed by atoms with Crippen LogP contribution in [0.4, 0.5) is 5.69 Å². The van der Waals surface area contributed by atoms with Gasteiger partial charge in [-0.2, -0.15) is 0 Å². The molecule has 0 unspecified atom stereocenters. The zero-order valence-corrected chi connectivity index (χ0v) is 15.6. The minimum absolute atomic E-state index is 0.0544. The first-order valence-corrected chi connectivity index (χ1v) is 9.09. The summed E-state index contributed by atoms with van der Waals surface area (Å²) >= 11 is 1.52. The summed E-state index contributed by atoms with van der Waals surface area (Å²) < 4.78 is 5.12. The van der Waals surface area contributed by atoms with Crippen LogP contribution in [0.15, 0.2) is 52.9 Å². The lowest BCUT2D eigenvalue weighted by Gasteiger charge is -2.45. The summed E-state index contributed by atoms with van der Waals surface area (Å²) in [5, 5.41) is 11.1. The van der Waals surface area contributed by atoms with Crippen molar-refractivity contribution in [3.05, 3.63) is 52.7 Å². The monoisotopic (exact) mass is 372 g/mol. The van der Waals surface area contributed by atoms with E-state index in [0.717, 1.165) is 10.6 Å². The number of rotatable bonds is 4. The first-order chi connectivity index (χ1) is 12.5. The molecule has 3 rings (SSSR count). The molecule has 0 radical (unpaired) electrons. The number of amidine groups is 1. The van der Waals surface area contributed by atoms with E-state index in [2.05, 4.69) is 5.10 Å². The van der Waals surface area contributed by atoms with Gasteiger partial charge in [0.25, 0.3) is 5.84 Å². The van der Waals surface area contributed by atoms with Gasteiger partial charge in [-0.15, -0.1) is 16.4 Å². The largest absolute Gasteiger partial charge is 0.460 e. The van der Waals surface area contributed by atoms with Crippen LogP contribution in [0.5, 0.6) is 0 Å². The van der Waals surface area contributed by atoms with Crippen LogP contribution in [-0.2, 0) is 14.3 Å². The van der Waals surface area contributed by atoms with E-state index in [-0.39, 0.29) is 18.3 Å². The van der Waals surface area contributed by atoms with Crippen LogP contribution in [0.1, 0.15) is 24.9 Å². The molecule has 0 fully saturated rings. The van der Waals surface area contributed by atoms with Crippen molar-refractivity contribution in [2.45, 2.75) is 20.0 Å². The molecule has 8 heteroatoms. The number of carbonyl (C=O) groups is 2. The zero-order chi connectivity index (χ0) is 18.7. The number of hydrazine groups is 1. The number of benzene rings is 1. The lowest BCUT2D eigenvalue weighted by molar-refractivity contribution is -0.147. The van der Waals surface area contributed by atoms with Crippen LogP contribution in [-0.4, -0.2) is 41.4 Å². The van der Waals surface area contributed by atoms with Gasteiger partial charge in [0.05, 0.1) is 17.2 Å². The summed E-state index contributed by atoms with van der Waals surface area (Å²) in [7, 11) is 1.64. The molecule has 1 atom stereocenters. The molecule has 0 saturated carbocycles. The van der Waals surface area contributed by atoms with Gasteiger partial charge in [0, 0.05) is 14.0 Å². The fourth-order valence-electron chi connectivity index (χ4n) is 2.80. The van der Waals surface area contributed by atoms with E-state index >= 15 is 0 Å². The van der Waals surface area contributed by atoms with E-state index in [4.69, 9.17) is 4.74 Å². The summed E-state index contributed by atoms with van der Waals surface area (Å²) in [6.45, 7) is 3.42. The van der Waals surface area contributed by atoms with E-state index in [9.17, 15) is 9.59 Å². The van der Waals surface area contributed by atoms with E-state index in [1.165, 1.54) is 28.3 Å². The quantitative estimate of drug-likeness (QED) is 0.772. The molecule has 7 nitrogen and oxygen atoms in total. The Hall–Kier alpha value is -2.87. The predicted molar refractivity (Wildman–Crippen MR) is 100 cm³/mol. The van der Waals surface area contributed by atoms with Gasteiger partial charge >= 0.3 is 5.97 Å². The molecular weight excluding hydrogens is 352 g/mol. The van der Waals surface area contributed by atoms with Crippen LogP contribution in [0, 0.1) is 0 Å². The fourth-order valence-corrected chi connectivity index (χ4v) is 3.59. The highest BCUT2D eigenvalue weighted by Gasteiger charge is 2.41. The molecule has 1 aromatic heterocycles. The highest BCUT2D eigenvalue weighted by Crippen LogP contribution is 2.36. The highest BCUT2D eigenvalue weighted by molar-refractivity contribution is 7.10. The molecule has 0 saturated heterocycles. The first-order valence-electron chi connectivity index (χ1n) is 8.21. The van der Waals surface area contributed by atoms with E-state index in [1.807, 2.05) is 47.8 Å². The second kappa shape index (κ2) is 7.57. The number of esters is 1. The molecule has 0 spiro atoms. The topological polar surface area (TPSA) is 65.5 Å². The molecular formula is C18H20N4O3S. The van der Waals surface area contributed by atoms with Crippen molar-refractivity contribution in [1.82, 2.24) is 10.0 Å². The third kappa shape index (κ3) is 3.28. The standard InChI is InChI=1S/C18H20N4O3S/c1-4-25-18(24)16-19-21(14-9-6-5-7-10-14)17(15-11-8-12-26-15)22(13(2)23)20(16)3/h5-12,17H,4H2,1-3H3/t17-/m0/s1. The maximum absolute atomic E-state index is 12.5. The van der Waals surface area contributed by atoms with Gasteiger partial charge in [-0.1, -0.05) is 24.3 Å². The fraction of sp³-hybridized carbons (Fsp3) is 0.278. The average Bonchev–Trinajstić information content (AvgIpc) is 3.16. The van der Waals surface area contributed by atoms with Crippen molar-refractivity contribution in [1.29, 1.82) is 0 Å². The molecule has 1 aliphatic rings. The molecule has 2 aromatic rings. The van der Waals surface area contributed by atoms with Gasteiger partial charge in [0.2, 0.25) is 5.91 Å². The third-order valence-corrected chi connectivity index (χ3v) is 4.81. The number of hydrogen-bond acceptors (Lipinski definition) is 7.